The van der Waals surface area contributed by atoms with E-state index in [1.165, 1.54) is 0 Å². The number of aromatic nitrogens is 2. The fourth-order valence-electron chi connectivity index (χ4n) is 3.25. The van der Waals surface area contributed by atoms with Gasteiger partial charge in [0.25, 0.3) is 0 Å². The van der Waals surface area contributed by atoms with Gasteiger partial charge in [0.2, 0.25) is 0 Å². The number of benzene rings is 1. The number of imidazole rings is 1. The van der Waals surface area contributed by atoms with Crippen LogP contribution in [0.4, 0.5) is 0 Å². The highest BCUT2D eigenvalue weighted by Crippen LogP contribution is 2.21. The first-order chi connectivity index (χ1) is 12.4. The number of fused-ring (bicyclic) bond motifs is 1. The molecule has 2 aliphatic rings. The van der Waals surface area contributed by atoms with Gasteiger partial charge in [0.1, 0.15) is 17.3 Å². The van der Waals surface area contributed by atoms with Crippen LogP contribution >= 0.6 is 0 Å². The first-order valence-corrected chi connectivity index (χ1v) is 8.53. The molecule has 0 fully saturated rings. The van der Waals surface area contributed by atoms with Crippen LogP contribution in [0.15, 0.2) is 58.8 Å². The number of rotatable bonds is 3. The maximum atomic E-state index is 4.73. The summed E-state index contributed by atoms with van der Waals surface area (Å²) in [7, 11) is 0. The Kier molecular flexibility index (Phi) is 3.26. The quantitative estimate of drug-likeness (QED) is 0.768. The topological polar surface area (TPSA) is 66.1 Å². The molecule has 0 amide bonds. The van der Waals surface area contributed by atoms with E-state index in [1.54, 1.807) is 0 Å². The molecule has 1 aromatic carbocycles. The molecule has 0 saturated heterocycles. The number of hydrogen-bond acceptors (Lipinski definition) is 5. The Labute approximate surface area is 145 Å². The molecule has 3 aromatic rings. The minimum atomic E-state index is 0.842. The highest BCUT2D eigenvalue weighted by atomic mass is 15.1. The van der Waals surface area contributed by atoms with Crippen LogP contribution in [0.25, 0.3) is 16.9 Å². The van der Waals surface area contributed by atoms with Crippen molar-refractivity contribution in [2.45, 2.75) is 0 Å². The fourth-order valence-corrected chi connectivity index (χ4v) is 3.25. The van der Waals surface area contributed by atoms with Crippen molar-refractivity contribution in [3.05, 3.63) is 59.9 Å². The summed E-state index contributed by atoms with van der Waals surface area (Å²) in [5.74, 6) is 1.95. The van der Waals surface area contributed by atoms with Crippen LogP contribution in [-0.4, -0.2) is 47.2 Å². The van der Waals surface area contributed by atoms with E-state index in [4.69, 9.17) is 4.98 Å². The second-order valence-electron chi connectivity index (χ2n) is 6.20. The van der Waals surface area contributed by atoms with Crippen LogP contribution in [0.3, 0.4) is 0 Å². The first kappa shape index (κ1) is 14.2. The van der Waals surface area contributed by atoms with Crippen molar-refractivity contribution in [2.75, 3.05) is 26.2 Å². The molecule has 2 aliphatic heterocycles. The molecule has 0 aliphatic carbocycles. The third-order valence-corrected chi connectivity index (χ3v) is 4.53. The lowest BCUT2D eigenvalue weighted by molar-refractivity contribution is 0.959. The summed E-state index contributed by atoms with van der Waals surface area (Å²) >= 11 is 0. The molecule has 0 unspecified atom stereocenters. The summed E-state index contributed by atoms with van der Waals surface area (Å²) in [6.45, 7) is 3.53. The monoisotopic (exact) mass is 330 g/mol. The Morgan fingerprint density at radius 2 is 1.36 bits per heavy atom. The molecule has 124 valence electrons. The van der Waals surface area contributed by atoms with Gasteiger partial charge in [-0.15, -0.1) is 0 Å². The summed E-state index contributed by atoms with van der Waals surface area (Å²) in [6.07, 6.45) is 4.14. The number of nitrogens with one attached hydrogen (secondary N) is 2. The molecule has 0 radical (unpaired) electrons. The maximum absolute atomic E-state index is 4.73. The Balaban J connectivity index is 1.48. The zero-order chi connectivity index (χ0) is 16.6. The Hall–Kier alpha value is -3.15. The van der Waals surface area contributed by atoms with Crippen LogP contribution in [0.5, 0.6) is 0 Å². The molecule has 0 atom stereocenters. The van der Waals surface area contributed by atoms with E-state index in [-0.39, 0.29) is 0 Å². The third kappa shape index (κ3) is 2.55. The summed E-state index contributed by atoms with van der Waals surface area (Å²) in [4.78, 5) is 13.7. The summed E-state index contributed by atoms with van der Waals surface area (Å²) in [5.41, 5.74) is 5.21. The van der Waals surface area contributed by atoms with Crippen molar-refractivity contribution < 1.29 is 0 Å². The van der Waals surface area contributed by atoms with Gasteiger partial charge in [0.15, 0.2) is 0 Å². The number of nitrogens with zero attached hydrogens (tertiary/aromatic N) is 4. The highest BCUT2D eigenvalue weighted by Gasteiger charge is 2.11. The predicted molar refractivity (Wildman–Crippen MR) is 99.4 cm³/mol. The molecule has 6 nitrogen and oxygen atoms in total. The molecular weight excluding hydrogens is 312 g/mol. The minimum absolute atomic E-state index is 0.842. The van der Waals surface area contributed by atoms with Crippen molar-refractivity contribution in [1.29, 1.82) is 0 Å². The van der Waals surface area contributed by atoms with Gasteiger partial charge in [0, 0.05) is 42.2 Å². The lowest BCUT2D eigenvalue weighted by Gasteiger charge is -2.03. The van der Waals surface area contributed by atoms with Gasteiger partial charge < -0.3 is 15.0 Å². The predicted octanol–water partition coefficient (Wildman–Crippen LogP) is 1.70. The van der Waals surface area contributed by atoms with Gasteiger partial charge in [-0.2, -0.15) is 0 Å². The molecule has 5 rings (SSSR count). The minimum Gasteiger partial charge on any atom is -0.368 e. The highest BCUT2D eigenvalue weighted by molar-refractivity contribution is 6.00. The lowest BCUT2D eigenvalue weighted by atomic mass is 10.1. The average molecular weight is 330 g/mol. The van der Waals surface area contributed by atoms with Gasteiger partial charge in [-0.05, 0) is 12.1 Å². The van der Waals surface area contributed by atoms with Crippen LogP contribution in [-0.2, 0) is 0 Å². The summed E-state index contributed by atoms with van der Waals surface area (Å²) in [6, 6.07) is 12.5. The molecule has 6 heteroatoms. The van der Waals surface area contributed by atoms with Crippen LogP contribution < -0.4 is 10.6 Å². The molecule has 2 N–H and O–H groups in total. The second kappa shape index (κ2) is 5.73. The molecule has 0 bridgehead atoms. The number of aliphatic imine (C=N–C) groups is 2. The first-order valence-electron chi connectivity index (χ1n) is 8.53. The molecule has 2 aromatic heterocycles. The van der Waals surface area contributed by atoms with Gasteiger partial charge in [-0.1, -0.05) is 24.3 Å². The van der Waals surface area contributed by atoms with E-state index in [0.29, 0.717) is 0 Å². The smallest absolute Gasteiger partial charge is 0.137 e. The van der Waals surface area contributed by atoms with Gasteiger partial charge in [0.05, 0.1) is 18.8 Å². The lowest BCUT2D eigenvalue weighted by Crippen LogP contribution is -2.19. The summed E-state index contributed by atoms with van der Waals surface area (Å²) < 4.78 is 2.06. The van der Waals surface area contributed by atoms with Gasteiger partial charge >= 0.3 is 0 Å². The zero-order valence-electron chi connectivity index (χ0n) is 13.7. The molecular formula is C19H18N6. The molecule has 0 saturated carbocycles. The van der Waals surface area contributed by atoms with E-state index in [1.807, 2.05) is 6.07 Å². The summed E-state index contributed by atoms with van der Waals surface area (Å²) in [5, 5.41) is 6.61. The van der Waals surface area contributed by atoms with Crippen molar-refractivity contribution in [1.82, 2.24) is 20.0 Å². The van der Waals surface area contributed by atoms with Crippen molar-refractivity contribution in [3.8, 4) is 11.3 Å². The SMILES string of the molecule is c1cc(-c2cn3cc(C4=NCCN4)ccc3n2)ccc1C1=NCCN1. The average Bonchev–Trinajstić information content (AvgIpc) is 3.42. The number of hydrogen-bond donors (Lipinski definition) is 2. The number of pyridine rings is 1. The van der Waals surface area contributed by atoms with Gasteiger partial charge in [-0.25, -0.2) is 4.98 Å². The van der Waals surface area contributed by atoms with Crippen LogP contribution in [0, 0.1) is 0 Å². The van der Waals surface area contributed by atoms with E-state index < -0.39 is 0 Å². The van der Waals surface area contributed by atoms with Crippen molar-refractivity contribution >= 4 is 17.3 Å². The Morgan fingerprint density at radius 3 is 2.04 bits per heavy atom. The maximum Gasteiger partial charge on any atom is 0.137 e. The van der Waals surface area contributed by atoms with E-state index in [9.17, 15) is 0 Å². The van der Waals surface area contributed by atoms with E-state index >= 15 is 0 Å². The molecule has 25 heavy (non-hydrogen) atoms. The molecule has 0 spiro atoms. The fraction of sp³-hybridized carbons (Fsp3) is 0.211. The number of amidine groups is 2. The van der Waals surface area contributed by atoms with Gasteiger partial charge in [-0.3, -0.25) is 9.98 Å². The normalized spacial score (nSPS) is 16.5. The van der Waals surface area contributed by atoms with E-state index in [0.717, 1.165) is 65.9 Å². The second-order valence-corrected chi connectivity index (χ2v) is 6.20. The van der Waals surface area contributed by atoms with Crippen molar-refractivity contribution in [3.63, 3.8) is 0 Å². The van der Waals surface area contributed by atoms with E-state index in [2.05, 4.69) is 67.7 Å². The standard InChI is InChI=1S/C19H18N6/c1-3-14(18-20-7-8-21-18)4-2-13(1)16-12-25-11-15(5-6-17(25)24-16)19-22-9-10-23-19/h1-6,11-12H,7-10H2,(H,20,21)(H,22,23). The van der Waals surface area contributed by atoms with Crippen molar-refractivity contribution in [2.24, 2.45) is 9.98 Å². The van der Waals surface area contributed by atoms with Crippen LogP contribution in [0.2, 0.25) is 0 Å². The third-order valence-electron chi connectivity index (χ3n) is 4.53. The largest absolute Gasteiger partial charge is 0.368 e. The Morgan fingerprint density at radius 1 is 0.720 bits per heavy atom. The zero-order valence-corrected chi connectivity index (χ0v) is 13.7. The molecule has 4 heterocycles. The van der Waals surface area contributed by atoms with Crippen LogP contribution in [0.1, 0.15) is 11.1 Å². The Bertz CT molecular complexity index is 996.